The number of halogens is 5. The summed E-state index contributed by atoms with van der Waals surface area (Å²) >= 11 is 5.44. The van der Waals surface area contributed by atoms with Crippen LogP contribution < -0.4 is 4.74 Å². The van der Waals surface area contributed by atoms with Crippen LogP contribution >= 0.6 is 11.6 Å². The van der Waals surface area contributed by atoms with E-state index in [1.165, 1.54) is 6.07 Å². The van der Waals surface area contributed by atoms with Crippen molar-refractivity contribution in [3.05, 3.63) is 29.3 Å². The van der Waals surface area contributed by atoms with Gasteiger partial charge in [-0.15, -0.1) is 11.6 Å². The van der Waals surface area contributed by atoms with E-state index in [0.29, 0.717) is 5.56 Å². The summed E-state index contributed by atoms with van der Waals surface area (Å²) in [6, 6.07) is 3.46. The van der Waals surface area contributed by atoms with Crippen molar-refractivity contribution in [2.45, 2.75) is 12.1 Å². The molecule has 1 aromatic carbocycles. The molecule has 0 aliphatic heterocycles. The van der Waals surface area contributed by atoms with Gasteiger partial charge in [0.1, 0.15) is 19.0 Å². The molecule has 0 saturated heterocycles. The molecule has 0 bridgehead atoms. The van der Waals surface area contributed by atoms with Crippen LogP contribution in [-0.2, 0) is 12.1 Å². The fourth-order valence-corrected chi connectivity index (χ4v) is 1.32. The summed E-state index contributed by atoms with van der Waals surface area (Å²) in [6.45, 7) is -1.24. The van der Waals surface area contributed by atoms with Gasteiger partial charge in [-0.2, -0.15) is 13.2 Å². The molecule has 0 atom stereocenters. The Morgan fingerprint density at radius 2 is 1.94 bits per heavy atom. The topological polar surface area (TPSA) is 9.23 Å². The molecule has 0 amide bonds. The maximum Gasteiger partial charge on any atom is 0.419 e. The minimum Gasteiger partial charge on any atom is -0.490 e. The third-order valence-electron chi connectivity index (χ3n) is 1.84. The molecule has 6 heteroatoms. The zero-order valence-corrected chi connectivity index (χ0v) is 8.91. The molecule has 0 aromatic heterocycles. The largest absolute Gasteiger partial charge is 0.490 e. The number of alkyl halides is 5. The minimum atomic E-state index is -4.53. The van der Waals surface area contributed by atoms with E-state index in [0.717, 1.165) is 12.1 Å². The van der Waals surface area contributed by atoms with E-state index >= 15 is 0 Å². The second kappa shape index (κ2) is 5.39. The van der Waals surface area contributed by atoms with Gasteiger partial charge in [0.25, 0.3) is 0 Å². The summed E-state index contributed by atoms with van der Waals surface area (Å²) < 4.78 is 54.2. The Bertz CT molecular complexity index is 351. The van der Waals surface area contributed by atoms with Crippen LogP contribution in [0.1, 0.15) is 11.1 Å². The average Bonchev–Trinajstić information content (AvgIpc) is 2.25. The molecule has 1 rings (SSSR count). The molecule has 0 saturated carbocycles. The normalized spacial score (nSPS) is 11.6. The zero-order valence-electron chi connectivity index (χ0n) is 8.15. The second-order valence-electron chi connectivity index (χ2n) is 3.00. The quantitative estimate of drug-likeness (QED) is 0.588. The number of ether oxygens (including phenoxy) is 1. The number of hydrogen-bond donors (Lipinski definition) is 0. The monoisotopic (exact) mass is 256 g/mol. The molecule has 0 N–H and O–H groups in total. The first kappa shape index (κ1) is 13.1. The molecule has 0 radical (unpaired) electrons. The first-order chi connectivity index (χ1) is 7.49. The zero-order chi connectivity index (χ0) is 12.2. The lowest BCUT2D eigenvalue weighted by molar-refractivity contribution is -0.139. The van der Waals surface area contributed by atoms with Gasteiger partial charge in [0.05, 0.1) is 5.56 Å². The Morgan fingerprint density at radius 1 is 1.25 bits per heavy atom. The van der Waals surface area contributed by atoms with Gasteiger partial charge in [-0.05, 0) is 17.7 Å². The predicted octanol–water partition coefficient (Wildman–Crippen LogP) is 3.79. The molecule has 0 spiro atoms. The third-order valence-corrected chi connectivity index (χ3v) is 2.15. The van der Waals surface area contributed by atoms with Gasteiger partial charge >= 0.3 is 6.18 Å². The van der Waals surface area contributed by atoms with Crippen LogP contribution in [0.25, 0.3) is 0 Å². The van der Waals surface area contributed by atoms with Gasteiger partial charge in [0, 0.05) is 5.88 Å². The van der Waals surface area contributed by atoms with E-state index in [-0.39, 0.29) is 11.6 Å². The second-order valence-corrected chi connectivity index (χ2v) is 3.27. The SMILES string of the molecule is FCCOc1ccc(CCl)cc1C(F)(F)F. The molecule has 0 aliphatic carbocycles. The van der Waals surface area contributed by atoms with Gasteiger partial charge < -0.3 is 4.74 Å². The first-order valence-electron chi connectivity index (χ1n) is 4.44. The summed E-state index contributed by atoms with van der Waals surface area (Å²) in [4.78, 5) is 0. The lowest BCUT2D eigenvalue weighted by Gasteiger charge is -2.14. The van der Waals surface area contributed by atoms with Crippen molar-refractivity contribution in [1.29, 1.82) is 0 Å². The van der Waals surface area contributed by atoms with Crippen LogP contribution in [0.3, 0.4) is 0 Å². The maximum atomic E-state index is 12.6. The molecule has 16 heavy (non-hydrogen) atoms. The molecule has 1 nitrogen and oxygen atoms in total. The van der Waals surface area contributed by atoms with Crippen LogP contribution in [0.5, 0.6) is 5.75 Å². The molecular formula is C10H9ClF4O. The van der Waals surface area contributed by atoms with E-state index in [9.17, 15) is 17.6 Å². The first-order valence-corrected chi connectivity index (χ1v) is 4.97. The van der Waals surface area contributed by atoms with E-state index < -0.39 is 25.0 Å². The molecule has 0 aliphatic rings. The lowest BCUT2D eigenvalue weighted by Crippen LogP contribution is -2.10. The predicted molar refractivity (Wildman–Crippen MR) is 52.5 cm³/mol. The molecule has 0 unspecified atom stereocenters. The molecule has 90 valence electrons. The fraction of sp³-hybridized carbons (Fsp3) is 0.400. The Kier molecular flexibility index (Phi) is 4.41. The van der Waals surface area contributed by atoms with Crippen molar-refractivity contribution in [2.75, 3.05) is 13.3 Å². The summed E-state index contributed by atoms with van der Waals surface area (Å²) in [6.07, 6.45) is -4.53. The minimum absolute atomic E-state index is 0.0214. The standard InChI is InChI=1S/C10H9ClF4O/c11-6-7-1-2-9(16-4-3-12)8(5-7)10(13,14)15/h1-2,5H,3-4,6H2. The van der Waals surface area contributed by atoms with Crippen molar-refractivity contribution in [2.24, 2.45) is 0 Å². The Balaban J connectivity index is 3.06. The van der Waals surface area contributed by atoms with Gasteiger partial charge in [0.2, 0.25) is 0 Å². The molecule has 0 heterocycles. The number of hydrogen-bond acceptors (Lipinski definition) is 1. The summed E-state index contributed by atoms with van der Waals surface area (Å²) in [5.41, 5.74) is -0.597. The summed E-state index contributed by atoms with van der Waals surface area (Å²) in [7, 11) is 0. The van der Waals surface area contributed by atoms with Crippen LogP contribution in [0.4, 0.5) is 17.6 Å². The highest BCUT2D eigenvalue weighted by Gasteiger charge is 2.34. The maximum absolute atomic E-state index is 12.6. The molecular weight excluding hydrogens is 248 g/mol. The van der Waals surface area contributed by atoms with Crippen LogP contribution in [0, 0.1) is 0 Å². The van der Waals surface area contributed by atoms with Crippen LogP contribution in [0.2, 0.25) is 0 Å². The molecule has 0 fully saturated rings. The van der Waals surface area contributed by atoms with E-state index in [4.69, 9.17) is 11.6 Å². The van der Waals surface area contributed by atoms with E-state index in [1.54, 1.807) is 0 Å². The highest BCUT2D eigenvalue weighted by atomic mass is 35.5. The van der Waals surface area contributed by atoms with Crippen molar-refractivity contribution < 1.29 is 22.3 Å². The smallest absolute Gasteiger partial charge is 0.419 e. The van der Waals surface area contributed by atoms with Crippen molar-refractivity contribution in [3.63, 3.8) is 0 Å². The Morgan fingerprint density at radius 3 is 2.44 bits per heavy atom. The van der Waals surface area contributed by atoms with E-state index in [1.807, 2.05) is 0 Å². The van der Waals surface area contributed by atoms with Gasteiger partial charge in [0.15, 0.2) is 0 Å². The summed E-state index contributed by atoms with van der Waals surface area (Å²) in [5.74, 6) is -0.397. The molecule has 1 aromatic rings. The van der Waals surface area contributed by atoms with Crippen LogP contribution in [-0.4, -0.2) is 13.3 Å². The van der Waals surface area contributed by atoms with Crippen molar-refractivity contribution >= 4 is 11.6 Å². The van der Waals surface area contributed by atoms with Gasteiger partial charge in [-0.25, -0.2) is 4.39 Å². The van der Waals surface area contributed by atoms with Gasteiger partial charge in [-0.3, -0.25) is 0 Å². The fourth-order valence-electron chi connectivity index (χ4n) is 1.16. The Labute approximate surface area is 95.0 Å². The number of rotatable bonds is 4. The number of benzene rings is 1. The van der Waals surface area contributed by atoms with Crippen molar-refractivity contribution in [3.8, 4) is 5.75 Å². The lowest BCUT2D eigenvalue weighted by atomic mass is 10.1. The van der Waals surface area contributed by atoms with Crippen LogP contribution in [0.15, 0.2) is 18.2 Å². The highest BCUT2D eigenvalue weighted by Crippen LogP contribution is 2.37. The Hall–Kier alpha value is -0.970. The summed E-state index contributed by atoms with van der Waals surface area (Å²) in [5, 5.41) is 0. The van der Waals surface area contributed by atoms with Gasteiger partial charge in [-0.1, -0.05) is 6.07 Å². The third kappa shape index (κ3) is 3.27. The van der Waals surface area contributed by atoms with E-state index in [2.05, 4.69) is 4.74 Å². The van der Waals surface area contributed by atoms with Crippen molar-refractivity contribution in [1.82, 2.24) is 0 Å². The highest BCUT2D eigenvalue weighted by molar-refractivity contribution is 6.17. The average molecular weight is 257 g/mol.